The molecular weight excluding hydrogens is 468 g/mol. The summed E-state index contributed by atoms with van der Waals surface area (Å²) in [7, 11) is 0. The van der Waals surface area contributed by atoms with Crippen LogP contribution in [0.2, 0.25) is 5.02 Å². The van der Waals surface area contributed by atoms with Gasteiger partial charge < -0.3 is 14.2 Å². The Morgan fingerprint density at radius 2 is 1.77 bits per heavy atom. The van der Waals surface area contributed by atoms with Crippen LogP contribution in [-0.4, -0.2) is 17.5 Å². The van der Waals surface area contributed by atoms with Gasteiger partial charge in [0.25, 0.3) is 0 Å². The first kappa shape index (κ1) is 18.1. The summed E-state index contributed by atoms with van der Waals surface area (Å²) in [5.74, 6) is 2.37. The Morgan fingerprint density at radius 3 is 2.67 bits per heavy atom. The monoisotopic (exact) mass is 482 g/mol. The summed E-state index contributed by atoms with van der Waals surface area (Å²) in [6, 6.07) is 19.9. The number of nitrogens with zero attached hydrogens (tertiary/aromatic N) is 2. The van der Waals surface area contributed by atoms with E-state index in [0.717, 1.165) is 50.5 Å². The Hall–Kier alpha value is -2.70. The van der Waals surface area contributed by atoms with E-state index in [4.69, 9.17) is 30.9 Å². The van der Waals surface area contributed by atoms with Crippen LogP contribution in [0.5, 0.6) is 17.2 Å². The van der Waals surface area contributed by atoms with Crippen molar-refractivity contribution in [3.63, 3.8) is 0 Å². The maximum atomic E-state index is 6.52. The lowest BCUT2D eigenvalue weighted by Gasteiger charge is -2.38. The fourth-order valence-corrected chi connectivity index (χ4v) is 4.80. The van der Waals surface area contributed by atoms with Gasteiger partial charge in [-0.2, -0.15) is 5.10 Å². The first-order chi connectivity index (χ1) is 14.7. The standard InChI is InChI=1S/C23H16BrClN2O3/c24-14-6-8-20-16(10-14)19-11-18(13-5-7-21-22(9-13)29-12-28-21)26-27(19)23(30-20)15-3-1-2-4-17(15)25/h1-10,19,23H,11-12H2/t19-,23+/m1/s1. The van der Waals surface area contributed by atoms with Crippen molar-refractivity contribution < 1.29 is 14.2 Å². The summed E-state index contributed by atoms with van der Waals surface area (Å²) < 4.78 is 18.4. The van der Waals surface area contributed by atoms with Gasteiger partial charge in [-0.3, -0.25) is 0 Å². The van der Waals surface area contributed by atoms with Crippen LogP contribution in [-0.2, 0) is 0 Å². The molecule has 2 atom stereocenters. The molecule has 5 nitrogen and oxygen atoms in total. The normalized spacial score (nSPS) is 21.0. The van der Waals surface area contributed by atoms with Crippen LogP contribution in [0, 0.1) is 0 Å². The molecule has 7 heteroatoms. The Balaban J connectivity index is 1.45. The highest BCUT2D eigenvalue weighted by Crippen LogP contribution is 2.49. The number of ether oxygens (including phenoxy) is 3. The second kappa shape index (κ2) is 6.93. The third kappa shape index (κ3) is 2.86. The van der Waals surface area contributed by atoms with Crippen LogP contribution in [0.3, 0.4) is 0 Å². The van der Waals surface area contributed by atoms with Gasteiger partial charge in [-0.25, -0.2) is 5.01 Å². The topological polar surface area (TPSA) is 43.3 Å². The summed E-state index contributed by atoms with van der Waals surface area (Å²) in [5, 5.41) is 7.67. The molecule has 0 spiro atoms. The van der Waals surface area contributed by atoms with Crippen molar-refractivity contribution in [1.82, 2.24) is 5.01 Å². The van der Waals surface area contributed by atoms with E-state index in [0.29, 0.717) is 5.02 Å². The first-order valence-corrected chi connectivity index (χ1v) is 10.8. The van der Waals surface area contributed by atoms with Gasteiger partial charge in [0.15, 0.2) is 11.5 Å². The minimum Gasteiger partial charge on any atom is -0.464 e. The van der Waals surface area contributed by atoms with Gasteiger partial charge >= 0.3 is 0 Å². The number of fused-ring (bicyclic) bond motifs is 4. The van der Waals surface area contributed by atoms with Crippen LogP contribution in [0.15, 0.2) is 70.2 Å². The van der Waals surface area contributed by atoms with Gasteiger partial charge in [0.2, 0.25) is 13.0 Å². The van der Waals surface area contributed by atoms with E-state index < -0.39 is 6.23 Å². The highest BCUT2D eigenvalue weighted by atomic mass is 79.9. The second-order valence-electron chi connectivity index (χ2n) is 7.39. The zero-order valence-corrected chi connectivity index (χ0v) is 18.1. The van der Waals surface area contributed by atoms with Gasteiger partial charge in [-0.15, -0.1) is 0 Å². The van der Waals surface area contributed by atoms with E-state index >= 15 is 0 Å². The molecule has 3 aliphatic heterocycles. The Kier molecular flexibility index (Phi) is 4.18. The number of halogens is 2. The average Bonchev–Trinajstić information content (AvgIpc) is 3.40. The fraction of sp³-hybridized carbons (Fsp3) is 0.174. The molecule has 3 aromatic carbocycles. The van der Waals surface area contributed by atoms with Gasteiger partial charge in [0.1, 0.15) is 5.75 Å². The zero-order chi connectivity index (χ0) is 20.2. The molecule has 0 saturated heterocycles. The fourth-order valence-electron chi connectivity index (χ4n) is 4.19. The SMILES string of the molecule is Clc1ccccc1[C@@H]1Oc2ccc(Br)cc2[C@H]2CC(c3ccc4c(c3)OCO4)=NN21. The Labute approximate surface area is 186 Å². The molecule has 3 heterocycles. The average molecular weight is 484 g/mol. The Bertz CT molecular complexity index is 1200. The number of hydrogen-bond donors (Lipinski definition) is 0. The van der Waals surface area contributed by atoms with E-state index in [9.17, 15) is 0 Å². The minimum absolute atomic E-state index is 0.0490. The summed E-state index contributed by atoms with van der Waals surface area (Å²) in [5.41, 5.74) is 4.00. The predicted molar refractivity (Wildman–Crippen MR) is 117 cm³/mol. The zero-order valence-electron chi connectivity index (χ0n) is 15.7. The summed E-state index contributed by atoms with van der Waals surface area (Å²) >= 11 is 10.1. The van der Waals surface area contributed by atoms with Crippen molar-refractivity contribution in [3.8, 4) is 17.2 Å². The number of hydrogen-bond acceptors (Lipinski definition) is 5. The molecular formula is C23H16BrClN2O3. The molecule has 0 amide bonds. The molecule has 0 radical (unpaired) electrons. The molecule has 3 aliphatic rings. The molecule has 30 heavy (non-hydrogen) atoms. The number of benzene rings is 3. The van der Waals surface area contributed by atoms with Crippen molar-refractivity contribution in [3.05, 3.63) is 86.8 Å². The van der Waals surface area contributed by atoms with E-state index in [2.05, 4.69) is 22.0 Å². The van der Waals surface area contributed by atoms with E-state index in [1.165, 1.54) is 0 Å². The number of hydrazone groups is 1. The molecule has 6 rings (SSSR count). The van der Waals surface area contributed by atoms with Crippen molar-refractivity contribution in [2.45, 2.75) is 18.7 Å². The molecule has 0 saturated carbocycles. The molecule has 0 aromatic heterocycles. The molecule has 150 valence electrons. The lowest BCUT2D eigenvalue weighted by atomic mass is 9.96. The third-order valence-electron chi connectivity index (χ3n) is 5.63. The third-order valence-corrected chi connectivity index (χ3v) is 6.47. The molecule has 0 fully saturated rings. The van der Waals surface area contributed by atoms with Crippen LogP contribution in [0.1, 0.15) is 35.4 Å². The van der Waals surface area contributed by atoms with Crippen molar-refractivity contribution >= 4 is 33.2 Å². The molecule has 0 bridgehead atoms. The summed E-state index contributed by atoms with van der Waals surface area (Å²) in [6.45, 7) is 0.254. The van der Waals surface area contributed by atoms with Gasteiger partial charge in [-0.1, -0.05) is 45.7 Å². The highest BCUT2D eigenvalue weighted by Gasteiger charge is 2.41. The summed E-state index contributed by atoms with van der Waals surface area (Å²) in [6.07, 6.45) is 0.358. The Morgan fingerprint density at radius 1 is 0.933 bits per heavy atom. The van der Waals surface area contributed by atoms with Crippen molar-refractivity contribution in [2.24, 2.45) is 5.10 Å². The van der Waals surface area contributed by atoms with Crippen LogP contribution in [0.4, 0.5) is 0 Å². The second-order valence-corrected chi connectivity index (χ2v) is 8.71. The number of rotatable bonds is 2. The molecule has 0 aliphatic carbocycles. The summed E-state index contributed by atoms with van der Waals surface area (Å²) in [4.78, 5) is 0. The smallest absolute Gasteiger partial charge is 0.231 e. The van der Waals surface area contributed by atoms with Gasteiger partial charge in [0.05, 0.1) is 11.8 Å². The van der Waals surface area contributed by atoms with Crippen molar-refractivity contribution in [1.29, 1.82) is 0 Å². The largest absolute Gasteiger partial charge is 0.464 e. The maximum Gasteiger partial charge on any atom is 0.231 e. The van der Waals surface area contributed by atoms with Gasteiger partial charge in [-0.05, 0) is 42.5 Å². The molecule has 0 unspecified atom stereocenters. The minimum atomic E-state index is -0.399. The van der Waals surface area contributed by atoms with E-state index in [-0.39, 0.29) is 12.8 Å². The molecule has 3 aromatic rings. The van der Waals surface area contributed by atoms with Gasteiger partial charge in [0, 0.05) is 32.6 Å². The first-order valence-electron chi connectivity index (χ1n) is 9.64. The quantitative estimate of drug-likeness (QED) is 0.443. The van der Waals surface area contributed by atoms with Crippen molar-refractivity contribution in [2.75, 3.05) is 6.79 Å². The van der Waals surface area contributed by atoms with Crippen LogP contribution in [0.25, 0.3) is 0 Å². The van der Waals surface area contributed by atoms with E-state index in [1.807, 2.05) is 59.6 Å². The highest BCUT2D eigenvalue weighted by molar-refractivity contribution is 9.10. The molecule has 0 N–H and O–H groups in total. The van der Waals surface area contributed by atoms with E-state index in [1.54, 1.807) is 0 Å². The lowest BCUT2D eigenvalue weighted by Crippen LogP contribution is -2.33. The predicted octanol–water partition coefficient (Wildman–Crippen LogP) is 6.07. The van der Waals surface area contributed by atoms with Crippen LogP contribution < -0.4 is 14.2 Å². The van der Waals surface area contributed by atoms with Crippen LogP contribution >= 0.6 is 27.5 Å². The lowest BCUT2D eigenvalue weighted by molar-refractivity contribution is -0.0190. The maximum absolute atomic E-state index is 6.52.